The van der Waals surface area contributed by atoms with Crippen molar-refractivity contribution >= 4 is 22.7 Å². The van der Waals surface area contributed by atoms with Crippen molar-refractivity contribution in [3.05, 3.63) is 69.2 Å². The van der Waals surface area contributed by atoms with Crippen LogP contribution in [-0.4, -0.2) is 68.5 Å². The minimum atomic E-state index is -2.29. The number of hydrogen-bond acceptors (Lipinski definition) is 9. The molecule has 3 heterocycles. The normalized spacial score (nSPS) is 24.6. The number of para-hydroxylation sites is 1. The average molecular weight is 487 g/mol. The van der Waals surface area contributed by atoms with Gasteiger partial charge in [-0.1, -0.05) is 23.3 Å². The zero-order chi connectivity index (χ0) is 25.2. The van der Waals surface area contributed by atoms with Gasteiger partial charge in [-0.25, -0.2) is 14.0 Å². The second-order valence-electron chi connectivity index (χ2n) is 7.90. The number of aliphatic hydroxyl groups excluding tert-OH is 2. The number of aliphatic hydroxyl groups is 2. The number of benzene rings is 1. The van der Waals surface area contributed by atoms with E-state index in [1.54, 1.807) is 0 Å². The van der Waals surface area contributed by atoms with Crippen molar-refractivity contribution in [2.24, 2.45) is 5.11 Å². The molecule has 1 aliphatic rings. The van der Waals surface area contributed by atoms with Crippen LogP contribution >= 0.6 is 0 Å². The summed E-state index contributed by atoms with van der Waals surface area (Å²) >= 11 is 0. The summed E-state index contributed by atoms with van der Waals surface area (Å²) in [5, 5.41) is 26.5. The van der Waals surface area contributed by atoms with Crippen molar-refractivity contribution in [2.75, 3.05) is 19.0 Å². The van der Waals surface area contributed by atoms with Crippen LogP contribution in [-0.2, 0) is 20.7 Å². The number of nitrogens with one attached hydrogen (secondary N) is 2. The Balaban J connectivity index is 1.56. The number of rotatable bonds is 8. The fraction of sp³-hybridized carbons (Fsp3) is 0.381. The molecule has 13 nitrogen and oxygen atoms in total. The van der Waals surface area contributed by atoms with Crippen molar-refractivity contribution in [2.45, 2.75) is 36.7 Å². The summed E-state index contributed by atoms with van der Waals surface area (Å²) < 4.78 is 25.6. The quantitative estimate of drug-likeness (QED) is 0.158. The molecule has 0 aliphatic carbocycles. The van der Waals surface area contributed by atoms with E-state index in [1.807, 2.05) is 30.3 Å². The lowest BCUT2D eigenvalue weighted by Gasteiger charge is -2.23. The van der Waals surface area contributed by atoms with Gasteiger partial charge in [0.2, 0.25) is 5.72 Å². The van der Waals surface area contributed by atoms with E-state index in [9.17, 15) is 24.2 Å². The van der Waals surface area contributed by atoms with Gasteiger partial charge in [-0.3, -0.25) is 4.57 Å². The lowest BCUT2D eigenvalue weighted by Crippen LogP contribution is -2.43. The van der Waals surface area contributed by atoms with Crippen LogP contribution in [0.25, 0.3) is 21.3 Å². The van der Waals surface area contributed by atoms with Gasteiger partial charge < -0.3 is 30.0 Å². The third-order valence-electron chi connectivity index (χ3n) is 5.72. The molecule has 35 heavy (non-hydrogen) atoms. The Morgan fingerprint density at radius 2 is 2.26 bits per heavy atom. The first-order chi connectivity index (χ1) is 16.8. The minimum Gasteiger partial charge on any atom is -0.467 e. The predicted molar refractivity (Wildman–Crippen MR) is 120 cm³/mol. The van der Waals surface area contributed by atoms with E-state index in [0.29, 0.717) is 0 Å². The number of azide groups is 1. The maximum atomic E-state index is 14.7. The maximum Gasteiger partial charge on any atom is 0.351 e. The summed E-state index contributed by atoms with van der Waals surface area (Å²) in [5.41, 5.74) is 7.05. The van der Waals surface area contributed by atoms with Crippen LogP contribution in [0.2, 0.25) is 0 Å². The van der Waals surface area contributed by atoms with E-state index in [-0.39, 0.29) is 12.2 Å². The van der Waals surface area contributed by atoms with Gasteiger partial charge in [-0.15, -0.1) is 0 Å². The van der Waals surface area contributed by atoms with Crippen LogP contribution in [0.1, 0.15) is 11.9 Å². The molecule has 1 aliphatic heterocycles. The molecule has 0 saturated carbocycles. The van der Waals surface area contributed by atoms with Gasteiger partial charge in [0.1, 0.15) is 18.0 Å². The number of H-pyrrole nitrogens is 1. The molecule has 0 unspecified atom stereocenters. The first-order valence-corrected chi connectivity index (χ1v) is 10.5. The first kappa shape index (κ1) is 24.2. The number of carbonyl (C=O) groups is 1. The number of esters is 1. The summed E-state index contributed by atoms with van der Waals surface area (Å²) in [5.74, 6) is -0.585. The Morgan fingerprint density at radius 1 is 1.49 bits per heavy atom. The van der Waals surface area contributed by atoms with Crippen molar-refractivity contribution in [3.63, 3.8) is 0 Å². The number of aromatic nitrogens is 3. The number of hydrogen-bond donors (Lipinski definition) is 4. The average Bonchev–Trinajstić information content (AvgIpc) is 3.37. The molecule has 5 atom stereocenters. The number of methoxy groups -OCH3 is 1. The van der Waals surface area contributed by atoms with Crippen molar-refractivity contribution < 1.29 is 28.9 Å². The standard InChI is InChI=1S/C21H22FN7O6/c1-34-19(32)14(9-12-8-11-4-2-3-5-13(11)24-12)25-15-6-7-29(20(33)26-15)18-16(22)17(31)21(10-30,35-18)27-28-23/h2-8,14,16-18,24,30-31H,9-10H2,1H3,(H,25,26,33)/t14-,16+,17+,18-,21-/m1/s1. The summed E-state index contributed by atoms with van der Waals surface area (Å²) in [6.45, 7) is -1.01. The highest BCUT2D eigenvalue weighted by atomic mass is 19.1. The van der Waals surface area contributed by atoms with E-state index < -0.39 is 48.5 Å². The Kier molecular flexibility index (Phi) is 6.71. The number of alkyl halides is 1. The van der Waals surface area contributed by atoms with E-state index >= 15 is 0 Å². The molecule has 0 amide bonds. The Bertz CT molecular complexity index is 1310. The van der Waals surface area contributed by atoms with E-state index in [4.69, 9.17) is 15.0 Å². The fourth-order valence-electron chi connectivity index (χ4n) is 3.94. The van der Waals surface area contributed by atoms with Crippen molar-refractivity contribution in [1.29, 1.82) is 0 Å². The Hall–Kier alpha value is -3.97. The van der Waals surface area contributed by atoms with Gasteiger partial charge >= 0.3 is 11.7 Å². The topological polar surface area (TPSA) is 187 Å². The monoisotopic (exact) mass is 487 g/mol. The molecule has 1 saturated heterocycles. The molecule has 0 spiro atoms. The zero-order valence-corrected chi connectivity index (χ0v) is 18.4. The van der Waals surface area contributed by atoms with E-state index in [2.05, 4.69) is 25.3 Å². The fourth-order valence-corrected chi connectivity index (χ4v) is 3.94. The molecule has 0 radical (unpaired) electrons. The largest absolute Gasteiger partial charge is 0.467 e. The number of fused-ring (bicyclic) bond motifs is 1. The summed E-state index contributed by atoms with van der Waals surface area (Å²) in [6, 6.07) is 9.88. The highest BCUT2D eigenvalue weighted by Crippen LogP contribution is 2.39. The van der Waals surface area contributed by atoms with Gasteiger partial charge in [0.25, 0.3) is 0 Å². The van der Waals surface area contributed by atoms with Crippen molar-refractivity contribution in [1.82, 2.24) is 14.5 Å². The van der Waals surface area contributed by atoms with Crippen LogP contribution in [0.3, 0.4) is 0 Å². The summed E-state index contributed by atoms with van der Waals surface area (Å²) in [4.78, 5) is 34.5. The van der Waals surface area contributed by atoms with Crippen LogP contribution in [0.4, 0.5) is 10.2 Å². The maximum absolute atomic E-state index is 14.7. The molecular formula is C21H22FN7O6. The van der Waals surface area contributed by atoms with E-state index in [1.165, 1.54) is 13.2 Å². The SMILES string of the molecule is COC(=O)[C@@H](Cc1cc2ccccc2[nH]1)Nc1ccn([C@@H]2O[C@@](CO)(N=[N+]=[N-])[C@@H](O)[C@@H]2F)c(=O)n1. The summed E-state index contributed by atoms with van der Waals surface area (Å²) in [7, 11) is 1.23. The number of aromatic amines is 1. The lowest BCUT2D eigenvalue weighted by molar-refractivity contribution is -0.141. The van der Waals surface area contributed by atoms with Crippen molar-refractivity contribution in [3.8, 4) is 0 Å². The molecule has 4 rings (SSSR count). The van der Waals surface area contributed by atoms with Gasteiger partial charge in [0.15, 0.2) is 12.4 Å². The van der Waals surface area contributed by atoms with Crippen LogP contribution < -0.4 is 11.0 Å². The van der Waals surface area contributed by atoms with E-state index in [0.717, 1.165) is 27.4 Å². The number of nitrogens with zero attached hydrogens (tertiary/aromatic N) is 5. The third-order valence-corrected chi connectivity index (χ3v) is 5.72. The molecule has 184 valence electrons. The Labute approximate surface area is 196 Å². The van der Waals surface area contributed by atoms with Crippen LogP contribution in [0, 0.1) is 0 Å². The van der Waals surface area contributed by atoms with Gasteiger partial charge in [-0.2, -0.15) is 4.98 Å². The molecule has 2 aromatic heterocycles. The number of anilines is 1. The molecule has 4 N–H and O–H groups in total. The highest BCUT2D eigenvalue weighted by Gasteiger charge is 2.56. The third kappa shape index (κ3) is 4.55. The highest BCUT2D eigenvalue weighted by molar-refractivity contribution is 5.82. The Morgan fingerprint density at radius 3 is 2.91 bits per heavy atom. The predicted octanol–water partition coefficient (Wildman–Crippen LogP) is 1.15. The number of ether oxygens (including phenoxy) is 2. The second kappa shape index (κ2) is 9.72. The summed E-state index contributed by atoms with van der Waals surface area (Å²) in [6.07, 6.45) is -4.59. The van der Waals surface area contributed by atoms with Gasteiger partial charge in [0, 0.05) is 28.7 Å². The van der Waals surface area contributed by atoms with Crippen LogP contribution in [0.15, 0.2) is 52.5 Å². The van der Waals surface area contributed by atoms with Gasteiger partial charge in [0.05, 0.1) is 13.7 Å². The number of halogens is 1. The first-order valence-electron chi connectivity index (χ1n) is 10.5. The molecular weight excluding hydrogens is 465 g/mol. The van der Waals surface area contributed by atoms with Crippen LogP contribution in [0.5, 0.6) is 0 Å². The number of carbonyl (C=O) groups excluding carboxylic acids is 1. The molecule has 0 bridgehead atoms. The molecule has 1 aromatic carbocycles. The zero-order valence-electron chi connectivity index (χ0n) is 18.4. The smallest absolute Gasteiger partial charge is 0.351 e. The lowest BCUT2D eigenvalue weighted by atomic mass is 10.1. The van der Waals surface area contributed by atoms with Gasteiger partial charge in [-0.05, 0) is 29.1 Å². The molecule has 3 aromatic rings. The second-order valence-corrected chi connectivity index (χ2v) is 7.90. The molecule has 1 fully saturated rings. The minimum absolute atomic E-state index is 0.00943. The molecule has 14 heteroatoms.